The molecule has 0 aromatic heterocycles. The van der Waals surface area contributed by atoms with Gasteiger partial charge in [-0.15, -0.1) is 0 Å². The van der Waals surface area contributed by atoms with Crippen molar-refractivity contribution >= 4 is 23.2 Å². The number of ether oxygens (including phenoxy) is 2. The van der Waals surface area contributed by atoms with E-state index in [0.29, 0.717) is 34.4 Å². The van der Waals surface area contributed by atoms with E-state index in [1.165, 1.54) is 48.5 Å². The van der Waals surface area contributed by atoms with Gasteiger partial charge in [0.2, 0.25) is 0 Å². The highest BCUT2D eigenvalue weighted by Crippen LogP contribution is 2.28. The maximum Gasteiger partial charge on any atom is 0.255 e. The Morgan fingerprint density at radius 1 is 0.475 bits per heavy atom. The van der Waals surface area contributed by atoms with Crippen LogP contribution in [-0.2, 0) is 0 Å². The van der Waals surface area contributed by atoms with E-state index in [1.54, 1.807) is 72.8 Å². The highest BCUT2D eigenvalue weighted by molar-refractivity contribution is 6.04. The molecule has 0 unspecified atom stereocenters. The van der Waals surface area contributed by atoms with Crippen LogP contribution >= 0.6 is 0 Å². The van der Waals surface area contributed by atoms with Gasteiger partial charge in [-0.05, 0) is 109 Å². The third-order valence-electron chi connectivity index (χ3n) is 5.69. The third-order valence-corrected chi connectivity index (χ3v) is 5.69. The molecule has 40 heavy (non-hydrogen) atoms. The summed E-state index contributed by atoms with van der Waals surface area (Å²) in [6, 6.07) is 31.5. The molecule has 0 bridgehead atoms. The average molecular weight is 537 g/mol. The second-order valence-electron chi connectivity index (χ2n) is 8.65. The van der Waals surface area contributed by atoms with Gasteiger partial charge in [-0.2, -0.15) is 0 Å². The standard InChI is InChI=1S/C32H22F2N2O4/c33-23-5-1-3-21(19-23)31(37)35-25-7-11-27(12-8-25)39-29-15-17-30(18-16-29)40-28-13-9-26(10-14-28)36-32(38)22-4-2-6-24(34)20-22/h1-20H,(H,35,37)(H,36,38). The van der Waals surface area contributed by atoms with E-state index in [9.17, 15) is 18.4 Å². The molecule has 0 atom stereocenters. The van der Waals surface area contributed by atoms with Crippen LogP contribution in [0, 0.1) is 11.6 Å². The lowest BCUT2D eigenvalue weighted by Crippen LogP contribution is -2.11. The molecule has 0 fully saturated rings. The normalized spacial score (nSPS) is 10.4. The SMILES string of the molecule is O=C(Nc1ccc(Oc2ccc(Oc3ccc(NC(=O)c4cccc(F)c4)cc3)cc2)cc1)c1cccc(F)c1. The van der Waals surface area contributed by atoms with Crippen molar-refractivity contribution < 1.29 is 27.8 Å². The molecule has 0 spiro atoms. The predicted octanol–water partition coefficient (Wildman–Crippen LogP) is 8.05. The number of nitrogens with one attached hydrogen (secondary N) is 2. The first-order chi connectivity index (χ1) is 19.4. The molecular weight excluding hydrogens is 514 g/mol. The molecule has 2 amide bonds. The Balaban J connectivity index is 1.13. The van der Waals surface area contributed by atoms with Crippen LogP contribution in [0.25, 0.3) is 0 Å². The van der Waals surface area contributed by atoms with Gasteiger partial charge in [0, 0.05) is 22.5 Å². The summed E-state index contributed by atoms with van der Waals surface area (Å²) in [7, 11) is 0. The number of anilines is 2. The number of carbonyl (C=O) groups is 2. The quantitative estimate of drug-likeness (QED) is 0.210. The van der Waals surface area contributed by atoms with E-state index < -0.39 is 23.4 Å². The minimum absolute atomic E-state index is 0.228. The molecule has 5 aromatic rings. The Morgan fingerprint density at radius 3 is 1.12 bits per heavy atom. The number of halogens is 2. The van der Waals surface area contributed by atoms with Crippen molar-refractivity contribution in [1.82, 2.24) is 0 Å². The number of carbonyl (C=O) groups excluding carboxylic acids is 2. The summed E-state index contributed by atoms with van der Waals surface area (Å²) in [5.74, 6) is 0.518. The van der Waals surface area contributed by atoms with Crippen LogP contribution in [0.1, 0.15) is 20.7 Å². The number of benzene rings is 5. The maximum absolute atomic E-state index is 13.3. The summed E-state index contributed by atoms with van der Waals surface area (Å²) < 4.78 is 38.4. The summed E-state index contributed by atoms with van der Waals surface area (Å²) in [6.07, 6.45) is 0. The van der Waals surface area contributed by atoms with Crippen molar-refractivity contribution in [1.29, 1.82) is 0 Å². The summed E-state index contributed by atoms with van der Waals surface area (Å²) in [6.45, 7) is 0. The van der Waals surface area contributed by atoms with Crippen LogP contribution in [-0.4, -0.2) is 11.8 Å². The van der Waals surface area contributed by atoms with Gasteiger partial charge in [-0.1, -0.05) is 12.1 Å². The number of amides is 2. The fourth-order valence-electron chi connectivity index (χ4n) is 3.73. The second-order valence-corrected chi connectivity index (χ2v) is 8.65. The van der Waals surface area contributed by atoms with E-state index in [2.05, 4.69) is 10.6 Å². The molecule has 5 rings (SSSR count). The molecule has 0 radical (unpaired) electrons. The van der Waals surface area contributed by atoms with Gasteiger partial charge >= 0.3 is 0 Å². The molecule has 0 saturated carbocycles. The van der Waals surface area contributed by atoms with Crippen LogP contribution < -0.4 is 20.1 Å². The minimum atomic E-state index is -0.477. The van der Waals surface area contributed by atoms with Gasteiger partial charge in [0.25, 0.3) is 11.8 Å². The summed E-state index contributed by atoms with van der Waals surface area (Å²) in [4.78, 5) is 24.6. The van der Waals surface area contributed by atoms with Crippen LogP contribution in [0.5, 0.6) is 23.0 Å². The summed E-state index contributed by atoms with van der Waals surface area (Å²) in [5.41, 5.74) is 1.55. The van der Waals surface area contributed by atoms with Crippen molar-refractivity contribution in [2.45, 2.75) is 0 Å². The van der Waals surface area contributed by atoms with Crippen LogP contribution in [0.3, 0.4) is 0 Å². The Hall–Kier alpha value is -5.50. The van der Waals surface area contributed by atoms with Gasteiger partial charge in [0.15, 0.2) is 0 Å². The third kappa shape index (κ3) is 6.87. The Kier molecular flexibility index (Phi) is 7.78. The molecule has 198 valence electrons. The van der Waals surface area contributed by atoms with E-state index in [0.717, 1.165) is 0 Å². The van der Waals surface area contributed by atoms with Crippen molar-refractivity contribution in [2.75, 3.05) is 10.6 Å². The fourth-order valence-corrected chi connectivity index (χ4v) is 3.73. The van der Waals surface area contributed by atoms with Crippen LogP contribution in [0.15, 0.2) is 121 Å². The van der Waals surface area contributed by atoms with Crippen LogP contribution in [0.2, 0.25) is 0 Å². The first-order valence-electron chi connectivity index (χ1n) is 12.2. The summed E-state index contributed by atoms with van der Waals surface area (Å²) in [5, 5.41) is 5.43. The zero-order chi connectivity index (χ0) is 27.9. The molecule has 0 saturated heterocycles. The Labute approximate surface area is 228 Å². The zero-order valence-electron chi connectivity index (χ0n) is 20.9. The molecular formula is C32H22F2N2O4. The zero-order valence-corrected chi connectivity index (χ0v) is 20.9. The van der Waals surface area contributed by atoms with E-state index in [1.807, 2.05) is 0 Å². The Bertz CT molecular complexity index is 1510. The van der Waals surface area contributed by atoms with Gasteiger partial charge < -0.3 is 20.1 Å². The lowest BCUT2D eigenvalue weighted by atomic mass is 10.2. The Morgan fingerprint density at radius 2 is 0.800 bits per heavy atom. The smallest absolute Gasteiger partial charge is 0.255 e. The van der Waals surface area contributed by atoms with Gasteiger partial charge in [0.05, 0.1) is 0 Å². The fraction of sp³-hybridized carbons (Fsp3) is 0. The number of rotatable bonds is 8. The predicted molar refractivity (Wildman–Crippen MR) is 148 cm³/mol. The molecule has 6 nitrogen and oxygen atoms in total. The van der Waals surface area contributed by atoms with Gasteiger partial charge in [-0.25, -0.2) is 8.78 Å². The highest BCUT2D eigenvalue weighted by Gasteiger charge is 2.09. The first kappa shape index (κ1) is 26.1. The highest BCUT2D eigenvalue weighted by atomic mass is 19.1. The topological polar surface area (TPSA) is 76.7 Å². The molecule has 0 heterocycles. The molecule has 8 heteroatoms. The number of hydrogen-bond donors (Lipinski definition) is 2. The number of hydrogen-bond acceptors (Lipinski definition) is 4. The first-order valence-corrected chi connectivity index (χ1v) is 12.2. The van der Waals surface area contributed by atoms with Gasteiger partial charge in [0.1, 0.15) is 34.6 Å². The lowest BCUT2D eigenvalue weighted by molar-refractivity contribution is 0.101. The monoisotopic (exact) mass is 536 g/mol. The van der Waals surface area contributed by atoms with E-state index >= 15 is 0 Å². The largest absolute Gasteiger partial charge is 0.457 e. The average Bonchev–Trinajstić information content (AvgIpc) is 2.96. The molecule has 5 aromatic carbocycles. The van der Waals surface area contributed by atoms with Crippen molar-refractivity contribution in [3.8, 4) is 23.0 Å². The summed E-state index contributed by atoms with van der Waals surface area (Å²) >= 11 is 0. The maximum atomic E-state index is 13.3. The van der Waals surface area contributed by atoms with E-state index in [4.69, 9.17) is 9.47 Å². The van der Waals surface area contributed by atoms with Crippen molar-refractivity contribution in [3.63, 3.8) is 0 Å². The lowest BCUT2D eigenvalue weighted by Gasteiger charge is -2.10. The second kappa shape index (κ2) is 11.9. The minimum Gasteiger partial charge on any atom is -0.457 e. The van der Waals surface area contributed by atoms with Crippen LogP contribution in [0.4, 0.5) is 20.2 Å². The van der Waals surface area contributed by atoms with Gasteiger partial charge in [-0.3, -0.25) is 9.59 Å². The molecule has 0 aliphatic carbocycles. The van der Waals surface area contributed by atoms with Crippen molar-refractivity contribution in [2.24, 2.45) is 0 Å². The molecule has 2 N–H and O–H groups in total. The molecule has 0 aliphatic rings. The van der Waals surface area contributed by atoms with Crippen molar-refractivity contribution in [3.05, 3.63) is 144 Å². The molecule has 0 aliphatic heterocycles. The van der Waals surface area contributed by atoms with E-state index in [-0.39, 0.29) is 11.1 Å².